The lowest BCUT2D eigenvalue weighted by Crippen LogP contribution is -2.54. The normalized spacial score (nSPS) is 17.4. The van der Waals surface area contributed by atoms with Crippen molar-refractivity contribution in [1.29, 1.82) is 0 Å². The van der Waals surface area contributed by atoms with E-state index >= 15 is 0 Å². The Kier molecular flexibility index (Phi) is 11.5. The molecule has 2 saturated heterocycles. The van der Waals surface area contributed by atoms with E-state index in [9.17, 15) is 19.5 Å². The van der Waals surface area contributed by atoms with E-state index in [4.69, 9.17) is 9.72 Å². The van der Waals surface area contributed by atoms with E-state index in [0.29, 0.717) is 39.2 Å². The lowest BCUT2D eigenvalue weighted by Gasteiger charge is -2.41. The molecule has 2 fully saturated rings. The second kappa shape index (κ2) is 16.2. The predicted molar refractivity (Wildman–Crippen MR) is 204 cm³/mol. The fraction of sp³-hybridized carbons (Fsp3) is 0.463. The summed E-state index contributed by atoms with van der Waals surface area (Å²) in [5, 5.41) is 10.4. The highest BCUT2D eigenvalue weighted by molar-refractivity contribution is 5.97. The average molecular weight is 709 g/mol. The van der Waals surface area contributed by atoms with Gasteiger partial charge >= 0.3 is 6.09 Å². The molecule has 1 N–H and O–H groups in total. The lowest BCUT2D eigenvalue weighted by molar-refractivity contribution is -0.134. The number of piperidine rings is 1. The average Bonchev–Trinajstić information content (AvgIpc) is 3.50. The molecule has 3 amide bonds. The first-order valence-corrected chi connectivity index (χ1v) is 18.5. The number of methoxy groups -OCH3 is 1. The minimum absolute atomic E-state index is 0.0429. The van der Waals surface area contributed by atoms with Gasteiger partial charge in [-0.05, 0) is 88.4 Å². The van der Waals surface area contributed by atoms with Crippen LogP contribution in [0.2, 0.25) is 0 Å². The number of hydrogen-bond donors (Lipinski definition) is 1. The van der Waals surface area contributed by atoms with E-state index < -0.39 is 17.7 Å². The summed E-state index contributed by atoms with van der Waals surface area (Å²) in [7, 11) is 1.71. The van der Waals surface area contributed by atoms with E-state index in [2.05, 4.69) is 15.5 Å². The number of benzene rings is 3. The Morgan fingerprint density at radius 1 is 0.962 bits per heavy atom. The molecule has 4 aromatic rings. The van der Waals surface area contributed by atoms with Gasteiger partial charge in [0.05, 0.1) is 17.6 Å². The first kappa shape index (κ1) is 36.9. The maximum absolute atomic E-state index is 14.1. The minimum Gasteiger partial charge on any atom is -0.465 e. The van der Waals surface area contributed by atoms with Crippen molar-refractivity contribution in [2.45, 2.75) is 76.9 Å². The summed E-state index contributed by atoms with van der Waals surface area (Å²) in [6, 6.07) is 25.3. The molecule has 2 aliphatic heterocycles. The second-order valence-corrected chi connectivity index (χ2v) is 15.0. The van der Waals surface area contributed by atoms with E-state index in [1.54, 1.807) is 7.11 Å². The molecule has 2 atom stereocenters. The number of para-hydroxylation sites is 3. The van der Waals surface area contributed by atoms with Crippen LogP contribution in [0.15, 0.2) is 78.9 Å². The highest BCUT2D eigenvalue weighted by Crippen LogP contribution is 2.31. The summed E-state index contributed by atoms with van der Waals surface area (Å²) < 4.78 is 7.61. The van der Waals surface area contributed by atoms with Crippen LogP contribution in [-0.4, -0.2) is 100 Å². The molecule has 0 radical (unpaired) electrons. The number of aromatic nitrogens is 2. The molecule has 276 valence electrons. The Hall–Kier alpha value is -4.90. The molecular weight excluding hydrogens is 656 g/mol. The molecule has 1 aromatic heterocycles. The second-order valence-electron chi connectivity index (χ2n) is 15.0. The number of amides is 3. The zero-order valence-electron chi connectivity index (χ0n) is 30.9. The Bertz CT molecular complexity index is 1840. The van der Waals surface area contributed by atoms with Crippen molar-refractivity contribution in [1.82, 2.24) is 19.4 Å². The summed E-state index contributed by atoms with van der Waals surface area (Å²) >= 11 is 0. The van der Waals surface area contributed by atoms with Gasteiger partial charge in [0.15, 0.2) is 0 Å². The molecule has 0 aliphatic carbocycles. The highest BCUT2D eigenvalue weighted by Gasteiger charge is 2.37. The molecular formula is C41H52N6O5. The first-order valence-electron chi connectivity index (χ1n) is 18.5. The summed E-state index contributed by atoms with van der Waals surface area (Å²) in [6.07, 6.45) is 2.08. The van der Waals surface area contributed by atoms with Gasteiger partial charge in [0, 0.05) is 81.7 Å². The Labute approximate surface area is 306 Å². The van der Waals surface area contributed by atoms with E-state index in [1.807, 2.05) is 103 Å². The van der Waals surface area contributed by atoms with E-state index in [-0.39, 0.29) is 30.7 Å². The number of piperazine rings is 1. The van der Waals surface area contributed by atoms with Gasteiger partial charge < -0.3 is 29.1 Å². The zero-order valence-corrected chi connectivity index (χ0v) is 30.9. The molecule has 52 heavy (non-hydrogen) atoms. The maximum atomic E-state index is 14.1. The topological polar surface area (TPSA) is 111 Å². The van der Waals surface area contributed by atoms with Crippen molar-refractivity contribution in [2.75, 3.05) is 56.2 Å². The molecule has 2 unspecified atom stereocenters. The van der Waals surface area contributed by atoms with Gasteiger partial charge in [-0.2, -0.15) is 0 Å². The monoisotopic (exact) mass is 708 g/mol. The number of aryl methyl sites for hydroxylation is 1. The van der Waals surface area contributed by atoms with Gasteiger partial charge in [-0.25, -0.2) is 9.78 Å². The van der Waals surface area contributed by atoms with Crippen LogP contribution < -0.4 is 9.80 Å². The molecule has 11 nitrogen and oxygen atoms in total. The van der Waals surface area contributed by atoms with Crippen molar-refractivity contribution in [2.24, 2.45) is 0 Å². The van der Waals surface area contributed by atoms with Gasteiger partial charge in [0.2, 0.25) is 11.8 Å². The summed E-state index contributed by atoms with van der Waals surface area (Å²) in [5.74, 6) is 1.08. The largest absolute Gasteiger partial charge is 0.465 e. The van der Waals surface area contributed by atoms with Crippen molar-refractivity contribution < 1.29 is 24.2 Å². The van der Waals surface area contributed by atoms with Crippen LogP contribution in [0.4, 0.5) is 16.2 Å². The van der Waals surface area contributed by atoms with Crippen LogP contribution in [0.1, 0.15) is 63.8 Å². The third-order valence-corrected chi connectivity index (χ3v) is 10.3. The molecule has 0 bridgehead atoms. The number of hydrogen-bond acceptors (Lipinski definition) is 6. The van der Waals surface area contributed by atoms with Crippen molar-refractivity contribution >= 4 is 40.3 Å². The quantitative estimate of drug-likeness (QED) is 0.169. The number of carbonyl (C=O) groups is 3. The van der Waals surface area contributed by atoms with Crippen LogP contribution in [-0.2, 0) is 27.3 Å². The number of nitrogens with zero attached hydrogens (tertiary/aromatic N) is 6. The lowest BCUT2D eigenvalue weighted by atomic mass is 9.93. The van der Waals surface area contributed by atoms with E-state index in [1.165, 1.54) is 4.90 Å². The number of carbonyl (C=O) groups excluding carboxylic acids is 2. The number of rotatable bonds is 12. The van der Waals surface area contributed by atoms with Crippen LogP contribution in [0.25, 0.3) is 11.0 Å². The van der Waals surface area contributed by atoms with Gasteiger partial charge in [-0.1, -0.05) is 42.5 Å². The van der Waals surface area contributed by atoms with Crippen LogP contribution in [0.5, 0.6) is 0 Å². The number of carboxylic acid groups (broad SMARTS) is 1. The number of imidazole rings is 1. The third-order valence-electron chi connectivity index (χ3n) is 10.3. The summed E-state index contributed by atoms with van der Waals surface area (Å²) in [5.41, 5.74) is 4.11. The van der Waals surface area contributed by atoms with Gasteiger partial charge in [-0.15, -0.1) is 0 Å². The number of fused-ring (bicyclic) bond motifs is 1. The SMILES string of the molecule is COCCCn1c(C2CCCN(C(=O)CC(Cc3ccc(N4CCN(c5ccccc5)C(=O)C4)cc3)N(C(=O)O)C(C)(C)C)C2)nc2ccccc21. The molecule has 0 spiro atoms. The highest BCUT2D eigenvalue weighted by atomic mass is 16.5. The van der Waals surface area contributed by atoms with Crippen LogP contribution >= 0.6 is 0 Å². The molecule has 2 aliphatic rings. The first-order chi connectivity index (χ1) is 25.0. The van der Waals surface area contributed by atoms with Gasteiger partial charge in [0.1, 0.15) is 5.82 Å². The van der Waals surface area contributed by atoms with Crippen LogP contribution in [0, 0.1) is 0 Å². The maximum Gasteiger partial charge on any atom is 0.408 e. The summed E-state index contributed by atoms with van der Waals surface area (Å²) in [6.45, 7) is 9.83. The number of likely N-dealkylation sites (tertiary alicyclic amines) is 1. The fourth-order valence-corrected chi connectivity index (χ4v) is 7.89. The van der Waals surface area contributed by atoms with Crippen LogP contribution in [0.3, 0.4) is 0 Å². The molecule has 3 heterocycles. The third kappa shape index (κ3) is 8.41. The van der Waals surface area contributed by atoms with Crippen molar-refractivity contribution in [3.05, 3.63) is 90.3 Å². The zero-order chi connectivity index (χ0) is 36.8. The summed E-state index contributed by atoms with van der Waals surface area (Å²) in [4.78, 5) is 52.2. The Morgan fingerprint density at radius 2 is 1.69 bits per heavy atom. The minimum atomic E-state index is -1.04. The molecule has 3 aromatic carbocycles. The molecule has 0 saturated carbocycles. The van der Waals surface area contributed by atoms with Gasteiger partial charge in [0.25, 0.3) is 0 Å². The Balaban J connectivity index is 1.16. The fourth-order valence-electron chi connectivity index (χ4n) is 7.89. The smallest absolute Gasteiger partial charge is 0.408 e. The molecule has 11 heteroatoms. The number of ether oxygens (including phenoxy) is 1. The predicted octanol–water partition coefficient (Wildman–Crippen LogP) is 6.41. The molecule has 6 rings (SSSR count). The Morgan fingerprint density at radius 3 is 2.38 bits per heavy atom. The van der Waals surface area contributed by atoms with Crippen molar-refractivity contribution in [3.63, 3.8) is 0 Å². The van der Waals surface area contributed by atoms with E-state index in [0.717, 1.165) is 59.6 Å². The standard InChI is InChI=1S/C41H52N6O5/c1-41(2,3)47(40(50)51)34(26-30-17-19-32(20-18-30)43-23-24-45(38(49)29-43)33-13-6-5-7-14-33)27-37(48)44-21-10-12-31(28-44)39-42-35-15-8-9-16-36(35)46(39)22-11-25-52-4/h5-9,13-20,31,34H,10-12,21-29H2,1-4H3,(H,50,51). The van der Waals surface area contributed by atoms with Crippen molar-refractivity contribution in [3.8, 4) is 0 Å². The number of anilines is 2. The van der Waals surface area contributed by atoms with Gasteiger partial charge in [-0.3, -0.25) is 14.5 Å².